The first-order valence-corrected chi connectivity index (χ1v) is 6.39. The summed E-state index contributed by atoms with van der Waals surface area (Å²) in [6.45, 7) is 3.85. The Morgan fingerprint density at radius 3 is 2.53 bits per heavy atom. The lowest BCUT2D eigenvalue weighted by Crippen LogP contribution is -2.29. The number of hydrogen-bond acceptors (Lipinski definition) is 2. The lowest BCUT2D eigenvalue weighted by molar-refractivity contribution is 0.602. The van der Waals surface area contributed by atoms with Crippen LogP contribution in [0.5, 0.6) is 0 Å². The summed E-state index contributed by atoms with van der Waals surface area (Å²) in [5.74, 6) is 5.36. The minimum atomic E-state index is -0.330. The van der Waals surface area contributed by atoms with Gasteiger partial charge in [0.15, 0.2) is 0 Å². The second-order valence-electron chi connectivity index (χ2n) is 4.58. The van der Waals surface area contributed by atoms with Crippen LogP contribution in [0, 0.1) is 19.7 Å². The molecule has 0 bridgehead atoms. The van der Waals surface area contributed by atoms with E-state index in [1.807, 2.05) is 32.0 Å². The molecule has 1 unspecified atom stereocenters. The number of halogens is 2. The molecule has 1 atom stereocenters. The zero-order valence-corrected chi connectivity index (χ0v) is 11.6. The lowest BCUT2D eigenvalue weighted by atomic mass is 9.94. The fourth-order valence-electron chi connectivity index (χ4n) is 2.16. The van der Waals surface area contributed by atoms with E-state index in [9.17, 15) is 4.39 Å². The quantitative estimate of drug-likeness (QED) is 0.664. The summed E-state index contributed by atoms with van der Waals surface area (Å²) in [5.41, 5.74) is 6.28. The molecule has 0 aromatic heterocycles. The van der Waals surface area contributed by atoms with Crippen LogP contribution in [0.1, 0.15) is 28.3 Å². The van der Waals surface area contributed by atoms with E-state index < -0.39 is 0 Å². The first-order chi connectivity index (χ1) is 9.04. The summed E-state index contributed by atoms with van der Waals surface area (Å²) >= 11 is 6.32. The molecule has 3 N–H and O–H groups in total. The Morgan fingerprint density at radius 2 is 1.84 bits per heavy atom. The van der Waals surface area contributed by atoms with Crippen molar-refractivity contribution < 1.29 is 4.39 Å². The molecular weight excluding hydrogens is 263 g/mol. The first-order valence-electron chi connectivity index (χ1n) is 6.01. The SMILES string of the molecule is Cc1ccc(F)cc1C(NN)c1cccc(C)c1Cl. The summed E-state index contributed by atoms with van der Waals surface area (Å²) in [5, 5.41) is 0.647. The van der Waals surface area contributed by atoms with Crippen molar-refractivity contribution in [3.05, 3.63) is 69.5 Å². The maximum Gasteiger partial charge on any atom is 0.123 e. The largest absolute Gasteiger partial charge is 0.271 e. The summed E-state index contributed by atoms with van der Waals surface area (Å²) in [6.07, 6.45) is 0. The van der Waals surface area contributed by atoms with E-state index in [0.717, 1.165) is 22.3 Å². The molecule has 0 heterocycles. The summed E-state index contributed by atoms with van der Waals surface area (Å²) < 4.78 is 13.4. The summed E-state index contributed by atoms with van der Waals surface area (Å²) in [4.78, 5) is 0. The van der Waals surface area contributed by atoms with Gasteiger partial charge >= 0.3 is 0 Å². The highest BCUT2D eigenvalue weighted by Gasteiger charge is 2.18. The van der Waals surface area contributed by atoms with Gasteiger partial charge in [-0.2, -0.15) is 0 Å². The van der Waals surface area contributed by atoms with Crippen molar-refractivity contribution in [3.8, 4) is 0 Å². The van der Waals surface area contributed by atoms with Crippen LogP contribution in [0.25, 0.3) is 0 Å². The number of aryl methyl sites for hydroxylation is 2. The molecular formula is C15H16ClFN2. The normalized spacial score (nSPS) is 12.5. The third-order valence-electron chi connectivity index (χ3n) is 3.25. The second-order valence-corrected chi connectivity index (χ2v) is 4.96. The molecule has 0 saturated heterocycles. The van der Waals surface area contributed by atoms with E-state index in [1.54, 1.807) is 6.07 Å². The monoisotopic (exact) mass is 278 g/mol. The van der Waals surface area contributed by atoms with Gasteiger partial charge in [-0.05, 0) is 48.2 Å². The Morgan fingerprint density at radius 1 is 1.11 bits per heavy atom. The van der Waals surface area contributed by atoms with E-state index in [4.69, 9.17) is 17.4 Å². The molecule has 2 aromatic carbocycles. The van der Waals surface area contributed by atoms with Gasteiger partial charge in [-0.15, -0.1) is 0 Å². The van der Waals surface area contributed by atoms with Gasteiger partial charge in [0.25, 0.3) is 0 Å². The van der Waals surface area contributed by atoms with Crippen LogP contribution in [0.3, 0.4) is 0 Å². The number of nitrogens with one attached hydrogen (secondary N) is 1. The number of benzene rings is 2. The molecule has 4 heteroatoms. The number of rotatable bonds is 3. The van der Waals surface area contributed by atoms with E-state index in [0.29, 0.717) is 5.02 Å². The Kier molecular flexibility index (Phi) is 4.20. The molecule has 2 aromatic rings. The topological polar surface area (TPSA) is 38.0 Å². The first kappa shape index (κ1) is 14.0. The van der Waals surface area contributed by atoms with E-state index in [-0.39, 0.29) is 11.9 Å². The van der Waals surface area contributed by atoms with Crippen LogP contribution in [-0.2, 0) is 0 Å². The van der Waals surface area contributed by atoms with Crippen molar-refractivity contribution in [1.82, 2.24) is 5.43 Å². The standard InChI is InChI=1S/C15H16ClFN2/c1-9-6-7-11(17)8-13(9)15(19-18)12-5-3-4-10(2)14(12)16/h3-8,15,19H,18H2,1-2H3. The zero-order valence-electron chi connectivity index (χ0n) is 10.9. The van der Waals surface area contributed by atoms with Crippen molar-refractivity contribution in [2.24, 2.45) is 5.84 Å². The fraction of sp³-hybridized carbons (Fsp3) is 0.200. The van der Waals surface area contributed by atoms with Gasteiger partial charge in [0.05, 0.1) is 6.04 Å². The average Bonchev–Trinajstić information content (AvgIpc) is 2.39. The minimum Gasteiger partial charge on any atom is -0.271 e. The lowest BCUT2D eigenvalue weighted by Gasteiger charge is -2.21. The highest BCUT2D eigenvalue weighted by atomic mass is 35.5. The number of nitrogens with two attached hydrogens (primary N) is 1. The molecule has 0 amide bonds. The fourth-order valence-corrected chi connectivity index (χ4v) is 2.40. The zero-order chi connectivity index (χ0) is 14.0. The Balaban J connectivity index is 2.56. The van der Waals surface area contributed by atoms with Gasteiger partial charge < -0.3 is 0 Å². The molecule has 0 saturated carbocycles. The Hall–Kier alpha value is -1.42. The molecule has 2 nitrogen and oxygen atoms in total. The molecule has 100 valence electrons. The molecule has 0 spiro atoms. The van der Waals surface area contributed by atoms with Gasteiger partial charge in [0.2, 0.25) is 0 Å². The molecule has 2 rings (SSSR count). The van der Waals surface area contributed by atoms with Crippen LogP contribution in [0.4, 0.5) is 4.39 Å². The van der Waals surface area contributed by atoms with Crippen LogP contribution < -0.4 is 11.3 Å². The van der Waals surface area contributed by atoms with Gasteiger partial charge in [0, 0.05) is 5.02 Å². The van der Waals surface area contributed by atoms with Gasteiger partial charge in [0.1, 0.15) is 5.82 Å². The second kappa shape index (κ2) is 5.70. The number of hydrazine groups is 1. The maximum absolute atomic E-state index is 13.4. The minimum absolute atomic E-state index is 0.287. The predicted molar refractivity (Wildman–Crippen MR) is 76.5 cm³/mol. The molecule has 0 aliphatic rings. The maximum atomic E-state index is 13.4. The summed E-state index contributed by atoms with van der Waals surface area (Å²) in [6, 6.07) is 10.1. The van der Waals surface area contributed by atoms with Crippen molar-refractivity contribution >= 4 is 11.6 Å². The smallest absolute Gasteiger partial charge is 0.123 e. The van der Waals surface area contributed by atoms with Crippen LogP contribution in [0.2, 0.25) is 5.02 Å². The van der Waals surface area contributed by atoms with Gasteiger partial charge in [-0.3, -0.25) is 5.84 Å². The molecule has 19 heavy (non-hydrogen) atoms. The highest BCUT2D eigenvalue weighted by Crippen LogP contribution is 2.31. The predicted octanol–water partition coefficient (Wildman–Crippen LogP) is 3.65. The van der Waals surface area contributed by atoms with Crippen molar-refractivity contribution in [3.63, 3.8) is 0 Å². The number of hydrogen-bond donors (Lipinski definition) is 2. The Bertz CT molecular complexity index is 597. The van der Waals surface area contributed by atoms with E-state index >= 15 is 0 Å². The molecule has 0 aliphatic heterocycles. The van der Waals surface area contributed by atoms with Crippen LogP contribution >= 0.6 is 11.6 Å². The van der Waals surface area contributed by atoms with Crippen molar-refractivity contribution in [1.29, 1.82) is 0 Å². The van der Waals surface area contributed by atoms with Crippen LogP contribution in [-0.4, -0.2) is 0 Å². The van der Waals surface area contributed by atoms with E-state index in [1.165, 1.54) is 12.1 Å². The molecule has 0 fully saturated rings. The average molecular weight is 279 g/mol. The van der Waals surface area contributed by atoms with E-state index in [2.05, 4.69) is 5.43 Å². The summed E-state index contributed by atoms with van der Waals surface area (Å²) in [7, 11) is 0. The Labute approximate surface area is 117 Å². The highest BCUT2D eigenvalue weighted by molar-refractivity contribution is 6.32. The molecule has 0 radical (unpaired) electrons. The third kappa shape index (κ3) is 2.78. The van der Waals surface area contributed by atoms with Crippen molar-refractivity contribution in [2.45, 2.75) is 19.9 Å². The van der Waals surface area contributed by atoms with Crippen molar-refractivity contribution in [2.75, 3.05) is 0 Å². The van der Waals surface area contributed by atoms with Gasteiger partial charge in [-0.25, -0.2) is 9.82 Å². The van der Waals surface area contributed by atoms with Gasteiger partial charge in [-0.1, -0.05) is 35.9 Å². The molecule has 0 aliphatic carbocycles. The third-order valence-corrected chi connectivity index (χ3v) is 3.77. The van der Waals surface area contributed by atoms with Crippen LogP contribution in [0.15, 0.2) is 36.4 Å².